The average Bonchev–Trinajstić information content (AvgIpc) is 2.63. The van der Waals surface area contributed by atoms with Crippen molar-refractivity contribution in [3.63, 3.8) is 0 Å². The average molecular weight is 415 g/mol. The summed E-state index contributed by atoms with van der Waals surface area (Å²) in [4.78, 5) is 24.6. The molecule has 0 bridgehead atoms. The first-order chi connectivity index (χ1) is 13.7. The first kappa shape index (κ1) is 20.3. The Morgan fingerprint density at radius 3 is 2.59 bits per heavy atom. The van der Waals surface area contributed by atoms with Crippen molar-refractivity contribution < 1.29 is 13.2 Å². The molecule has 0 spiro atoms. The minimum Gasteiger partial charge on any atom is -0.340 e. The molecule has 3 aromatic rings. The van der Waals surface area contributed by atoms with E-state index in [1.165, 1.54) is 6.20 Å². The normalized spacial score (nSPS) is 11.1. The summed E-state index contributed by atoms with van der Waals surface area (Å²) in [6, 6.07) is 8.40. The number of rotatable bonds is 6. The number of hydrogen-bond acceptors (Lipinski definition) is 7. The maximum atomic E-state index is 11.6. The van der Waals surface area contributed by atoms with E-state index < -0.39 is 10.0 Å². The van der Waals surface area contributed by atoms with Crippen LogP contribution in [0.1, 0.15) is 12.5 Å². The molecule has 3 rings (SSSR count). The number of benzene rings is 1. The summed E-state index contributed by atoms with van der Waals surface area (Å²) in [6.07, 6.45) is 2.55. The van der Waals surface area contributed by atoms with Gasteiger partial charge in [0, 0.05) is 12.2 Å². The number of aryl methyl sites for hydroxylation is 1. The van der Waals surface area contributed by atoms with E-state index in [9.17, 15) is 13.2 Å². The highest BCUT2D eigenvalue weighted by molar-refractivity contribution is 7.92. The number of sulfonamides is 1. The van der Waals surface area contributed by atoms with Gasteiger partial charge in [-0.25, -0.2) is 28.2 Å². The van der Waals surface area contributed by atoms with Gasteiger partial charge in [0.2, 0.25) is 10.0 Å². The Morgan fingerprint density at radius 1 is 1.10 bits per heavy atom. The van der Waals surface area contributed by atoms with Crippen LogP contribution in [0.3, 0.4) is 0 Å². The van der Waals surface area contributed by atoms with Crippen LogP contribution in [-0.2, 0) is 10.0 Å². The Balaban J connectivity index is 1.85. The van der Waals surface area contributed by atoms with Crippen molar-refractivity contribution in [3.05, 3.63) is 42.1 Å². The Kier molecular flexibility index (Phi) is 5.78. The third-order valence-electron chi connectivity index (χ3n) is 3.79. The van der Waals surface area contributed by atoms with Gasteiger partial charge in [0.15, 0.2) is 11.5 Å². The Bertz CT molecular complexity index is 1170. The number of aromatic nitrogens is 3. The molecular weight excluding hydrogens is 394 g/mol. The third kappa shape index (κ3) is 5.51. The first-order valence-corrected chi connectivity index (χ1v) is 10.7. The number of nitrogens with one attached hydrogen (secondary N) is 4. The molecule has 0 saturated carbocycles. The molecule has 11 heteroatoms. The maximum absolute atomic E-state index is 11.6. The van der Waals surface area contributed by atoms with Crippen molar-refractivity contribution in [2.24, 2.45) is 0 Å². The summed E-state index contributed by atoms with van der Waals surface area (Å²) in [5, 5.41) is 8.32. The summed E-state index contributed by atoms with van der Waals surface area (Å²) < 4.78 is 25.5. The smallest absolute Gasteiger partial charge is 0.320 e. The Morgan fingerprint density at radius 2 is 1.86 bits per heavy atom. The monoisotopic (exact) mass is 415 g/mol. The van der Waals surface area contributed by atoms with E-state index in [1.807, 2.05) is 19.9 Å². The van der Waals surface area contributed by atoms with Gasteiger partial charge in [-0.15, -0.1) is 0 Å². The van der Waals surface area contributed by atoms with Gasteiger partial charge in [0.1, 0.15) is 11.3 Å². The number of amides is 2. The molecule has 2 aromatic heterocycles. The lowest BCUT2D eigenvalue weighted by Crippen LogP contribution is -2.28. The predicted molar refractivity (Wildman–Crippen MR) is 113 cm³/mol. The van der Waals surface area contributed by atoms with Crippen molar-refractivity contribution in [1.82, 2.24) is 20.3 Å². The molecule has 10 nitrogen and oxygen atoms in total. The van der Waals surface area contributed by atoms with E-state index in [0.29, 0.717) is 34.9 Å². The number of hydrogen-bond donors (Lipinski definition) is 4. The van der Waals surface area contributed by atoms with Crippen molar-refractivity contribution in [2.75, 3.05) is 28.2 Å². The number of fused-ring (bicyclic) bond motifs is 1. The van der Waals surface area contributed by atoms with E-state index >= 15 is 0 Å². The van der Waals surface area contributed by atoms with Crippen molar-refractivity contribution in [2.45, 2.75) is 13.8 Å². The molecule has 0 radical (unpaired) electrons. The summed E-state index contributed by atoms with van der Waals surface area (Å²) in [6.45, 7) is 4.11. The second kappa shape index (κ2) is 8.27. The number of carbonyl (C=O) groups excluding carboxylic acids is 1. The zero-order valence-corrected chi connectivity index (χ0v) is 17.0. The summed E-state index contributed by atoms with van der Waals surface area (Å²) in [5.41, 5.74) is 2.84. The molecule has 29 heavy (non-hydrogen) atoms. The van der Waals surface area contributed by atoms with Crippen LogP contribution in [0.15, 0.2) is 36.5 Å². The fourth-order valence-corrected chi connectivity index (χ4v) is 3.13. The second-order valence-electron chi connectivity index (χ2n) is 6.31. The van der Waals surface area contributed by atoms with Crippen LogP contribution in [0.5, 0.6) is 0 Å². The molecule has 0 aliphatic rings. The van der Waals surface area contributed by atoms with Crippen molar-refractivity contribution in [3.8, 4) is 0 Å². The molecule has 0 atom stereocenters. The van der Waals surface area contributed by atoms with Crippen LogP contribution in [-0.4, -0.2) is 42.2 Å². The van der Waals surface area contributed by atoms with Crippen LogP contribution in [0.25, 0.3) is 11.2 Å². The van der Waals surface area contributed by atoms with Crippen LogP contribution >= 0.6 is 0 Å². The van der Waals surface area contributed by atoms with E-state index in [-0.39, 0.29) is 11.8 Å². The molecule has 0 unspecified atom stereocenters. The van der Waals surface area contributed by atoms with Crippen molar-refractivity contribution in [1.29, 1.82) is 0 Å². The van der Waals surface area contributed by atoms with Gasteiger partial charge in [-0.1, -0.05) is 6.07 Å². The Hall–Kier alpha value is -3.47. The first-order valence-electron chi connectivity index (χ1n) is 8.77. The minimum absolute atomic E-state index is 0.281. The van der Waals surface area contributed by atoms with Crippen LogP contribution < -0.4 is 20.7 Å². The molecular formula is C18H21N7O3S. The topological polar surface area (TPSA) is 138 Å². The van der Waals surface area contributed by atoms with E-state index in [1.54, 1.807) is 24.3 Å². The summed E-state index contributed by atoms with van der Waals surface area (Å²) in [7, 11) is -3.39. The molecule has 152 valence electrons. The van der Waals surface area contributed by atoms with Crippen molar-refractivity contribution >= 4 is 50.2 Å². The fraction of sp³-hybridized carbons (Fsp3) is 0.222. The van der Waals surface area contributed by atoms with Gasteiger partial charge in [0.25, 0.3) is 0 Å². The number of nitrogens with zero attached hydrogens (tertiary/aromatic N) is 3. The van der Waals surface area contributed by atoms with Gasteiger partial charge >= 0.3 is 6.03 Å². The maximum Gasteiger partial charge on any atom is 0.320 e. The highest BCUT2D eigenvalue weighted by Crippen LogP contribution is 2.24. The highest BCUT2D eigenvalue weighted by atomic mass is 32.2. The molecule has 0 aliphatic heterocycles. The lowest BCUT2D eigenvalue weighted by atomic mass is 10.2. The minimum atomic E-state index is -3.39. The van der Waals surface area contributed by atoms with E-state index in [0.717, 1.165) is 11.8 Å². The molecule has 2 heterocycles. The van der Waals surface area contributed by atoms with Crippen LogP contribution in [0.4, 0.5) is 27.8 Å². The summed E-state index contributed by atoms with van der Waals surface area (Å²) in [5.74, 6) is 0.777. The van der Waals surface area contributed by atoms with Gasteiger partial charge in [0.05, 0.1) is 18.1 Å². The molecule has 0 aliphatic carbocycles. The van der Waals surface area contributed by atoms with E-state index in [2.05, 4.69) is 35.6 Å². The third-order valence-corrected chi connectivity index (χ3v) is 4.38. The summed E-state index contributed by atoms with van der Waals surface area (Å²) >= 11 is 0. The predicted octanol–water partition coefficient (Wildman–Crippen LogP) is 2.59. The van der Waals surface area contributed by atoms with Gasteiger partial charge in [-0.05, 0) is 43.7 Å². The number of urea groups is 1. The Labute approximate surface area is 168 Å². The fourth-order valence-electron chi connectivity index (χ4n) is 2.51. The zero-order valence-electron chi connectivity index (χ0n) is 16.1. The van der Waals surface area contributed by atoms with Gasteiger partial charge < -0.3 is 10.6 Å². The number of pyridine rings is 1. The second-order valence-corrected chi connectivity index (χ2v) is 8.06. The standard InChI is InChI=1S/C18H21N7O3S/c1-4-19-18(26)24-16-10-20-13-7-8-15(22-17(13)23-16)21-12-6-5-11(2)14(9-12)25-29(3,27)28/h5-10,25H,4H2,1-3H3,(H3,19,21,22,23,24,26). The molecule has 2 amide bonds. The van der Waals surface area contributed by atoms with E-state index in [4.69, 9.17) is 0 Å². The van der Waals surface area contributed by atoms with Gasteiger partial charge in [-0.2, -0.15) is 0 Å². The molecule has 1 aromatic carbocycles. The molecule has 4 N–H and O–H groups in total. The molecule has 0 fully saturated rings. The van der Waals surface area contributed by atoms with Crippen LogP contribution in [0, 0.1) is 6.92 Å². The van der Waals surface area contributed by atoms with Crippen LogP contribution in [0.2, 0.25) is 0 Å². The SMILES string of the molecule is CCNC(=O)Nc1cnc2ccc(Nc3ccc(C)c(NS(C)(=O)=O)c3)nc2n1. The molecule has 0 saturated heterocycles. The lowest BCUT2D eigenvalue weighted by Gasteiger charge is -2.12. The highest BCUT2D eigenvalue weighted by Gasteiger charge is 2.09. The largest absolute Gasteiger partial charge is 0.340 e. The lowest BCUT2D eigenvalue weighted by molar-refractivity contribution is 0.252. The zero-order chi connectivity index (χ0) is 21.0. The number of anilines is 4. The number of carbonyl (C=O) groups is 1. The quantitative estimate of drug-likeness (QED) is 0.485. The van der Waals surface area contributed by atoms with Gasteiger partial charge in [-0.3, -0.25) is 10.0 Å².